The lowest BCUT2D eigenvalue weighted by molar-refractivity contribution is -0.938. The molecule has 0 spiro atoms. The number of quaternary nitrogens is 1. The number of methoxy groups -OCH3 is 1. The van der Waals surface area contributed by atoms with Crippen molar-refractivity contribution in [1.82, 2.24) is 10.2 Å². The zero-order chi connectivity index (χ0) is 19.2. The van der Waals surface area contributed by atoms with Crippen molar-refractivity contribution in [3.63, 3.8) is 0 Å². The van der Waals surface area contributed by atoms with Crippen LogP contribution in [0.25, 0.3) is 0 Å². The van der Waals surface area contributed by atoms with E-state index in [0.717, 1.165) is 18.5 Å². The van der Waals surface area contributed by atoms with E-state index in [2.05, 4.69) is 23.7 Å². The monoisotopic (exact) mass is 386 g/mol. The van der Waals surface area contributed by atoms with Crippen LogP contribution >= 0.6 is 11.3 Å². The van der Waals surface area contributed by atoms with Gasteiger partial charge in [0, 0.05) is 16.9 Å². The molecule has 2 aliphatic heterocycles. The van der Waals surface area contributed by atoms with E-state index < -0.39 is 5.54 Å². The number of hydrogen-bond donors (Lipinski definition) is 2. The third-order valence-corrected chi connectivity index (χ3v) is 6.81. The zero-order valence-corrected chi connectivity index (χ0v) is 16.6. The molecule has 1 fully saturated rings. The van der Waals surface area contributed by atoms with Crippen LogP contribution in [-0.4, -0.2) is 37.2 Å². The average molecular weight is 386 g/mol. The highest BCUT2D eigenvalue weighted by molar-refractivity contribution is 7.10. The van der Waals surface area contributed by atoms with Crippen LogP contribution in [0.3, 0.4) is 0 Å². The van der Waals surface area contributed by atoms with Crippen LogP contribution in [0.4, 0.5) is 4.79 Å². The molecule has 1 unspecified atom stereocenters. The van der Waals surface area contributed by atoms with Gasteiger partial charge in [0.2, 0.25) is 0 Å². The molecule has 6 nitrogen and oxygen atoms in total. The SMILES string of the molecule is COc1cccc([C@@]2(C)NC(=O)N(C[NH+]3CCc4sccc4[C@H]3C)C2=O)c1. The number of urea groups is 1. The summed E-state index contributed by atoms with van der Waals surface area (Å²) in [7, 11) is 1.59. The van der Waals surface area contributed by atoms with Crippen molar-refractivity contribution < 1.29 is 19.2 Å². The van der Waals surface area contributed by atoms with E-state index in [1.54, 1.807) is 31.4 Å². The molecule has 142 valence electrons. The van der Waals surface area contributed by atoms with Gasteiger partial charge in [-0.3, -0.25) is 4.79 Å². The Morgan fingerprint density at radius 2 is 2.19 bits per heavy atom. The molecule has 7 heteroatoms. The van der Waals surface area contributed by atoms with E-state index in [1.165, 1.54) is 20.2 Å². The molecular weight excluding hydrogens is 362 g/mol. The van der Waals surface area contributed by atoms with Gasteiger partial charge in [-0.25, -0.2) is 9.69 Å². The quantitative estimate of drug-likeness (QED) is 0.786. The van der Waals surface area contributed by atoms with Crippen molar-refractivity contribution in [2.45, 2.75) is 31.8 Å². The highest BCUT2D eigenvalue weighted by atomic mass is 32.1. The second-order valence-electron chi connectivity index (χ2n) is 7.36. The smallest absolute Gasteiger partial charge is 0.329 e. The van der Waals surface area contributed by atoms with Crippen LogP contribution < -0.4 is 15.0 Å². The van der Waals surface area contributed by atoms with E-state index >= 15 is 0 Å². The van der Waals surface area contributed by atoms with Gasteiger partial charge in [-0.2, -0.15) is 0 Å². The summed E-state index contributed by atoms with van der Waals surface area (Å²) in [5, 5.41) is 5.01. The van der Waals surface area contributed by atoms with Gasteiger partial charge in [0.25, 0.3) is 5.91 Å². The minimum Gasteiger partial charge on any atom is -0.497 e. The predicted octanol–water partition coefficient (Wildman–Crippen LogP) is 1.68. The molecule has 2 aromatic rings. The number of rotatable bonds is 4. The number of carbonyl (C=O) groups excluding carboxylic acids is 2. The summed E-state index contributed by atoms with van der Waals surface area (Å²) in [6, 6.07) is 9.40. The average Bonchev–Trinajstić information content (AvgIpc) is 3.23. The topological polar surface area (TPSA) is 63.1 Å². The molecule has 1 saturated heterocycles. The maximum Gasteiger partial charge on any atom is 0.329 e. The molecule has 3 atom stereocenters. The number of imide groups is 1. The van der Waals surface area contributed by atoms with Gasteiger partial charge in [0.15, 0.2) is 6.67 Å². The van der Waals surface area contributed by atoms with Gasteiger partial charge in [0.1, 0.15) is 17.3 Å². The lowest BCUT2D eigenvalue weighted by Gasteiger charge is -2.32. The highest BCUT2D eigenvalue weighted by Crippen LogP contribution is 2.31. The van der Waals surface area contributed by atoms with E-state index in [1.807, 2.05) is 18.2 Å². The fourth-order valence-corrected chi connectivity index (χ4v) is 5.02. The first-order chi connectivity index (χ1) is 12.9. The molecule has 1 aromatic heterocycles. The van der Waals surface area contributed by atoms with Gasteiger partial charge in [-0.1, -0.05) is 12.1 Å². The number of hydrogen-bond acceptors (Lipinski definition) is 4. The fraction of sp³-hybridized carbons (Fsp3) is 0.400. The Morgan fingerprint density at radius 3 is 2.96 bits per heavy atom. The summed E-state index contributed by atoms with van der Waals surface area (Å²) >= 11 is 1.79. The number of fused-ring (bicyclic) bond motifs is 1. The summed E-state index contributed by atoms with van der Waals surface area (Å²) in [6.45, 7) is 5.22. The predicted molar refractivity (Wildman–Crippen MR) is 103 cm³/mol. The van der Waals surface area contributed by atoms with Crippen molar-refractivity contribution in [3.8, 4) is 5.75 Å². The van der Waals surface area contributed by atoms with Crippen LogP contribution in [0.5, 0.6) is 5.75 Å². The van der Waals surface area contributed by atoms with Crippen molar-refractivity contribution in [2.24, 2.45) is 0 Å². The Bertz CT molecular complexity index is 896. The number of carbonyl (C=O) groups is 2. The van der Waals surface area contributed by atoms with Crippen LogP contribution in [0.2, 0.25) is 0 Å². The van der Waals surface area contributed by atoms with E-state index in [0.29, 0.717) is 12.4 Å². The zero-order valence-electron chi connectivity index (χ0n) is 15.7. The number of amides is 3. The first kappa shape index (κ1) is 18.0. The van der Waals surface area contributed by atoms with Gasteiger partial charge in [0.05, 0.1) is 13.7 Å². The van der Waals surface area contributed by atoms with Crippen LogP contribution in [0, 0.1) is 0 Å². The van der Waals surface area contributed by atoms with Crippen molar-refractivity contribution in [3.05, 3.63) is 51.7 Å². The van der Waals surface area contributed by atoms with Crippen molar-refractivity contribution in [1.29, 1.82) is 0 Å². The molecule has 3 amide bonds. The molecule has 0 bridgehead atoms. The van der Waals surface area contributed by atoms with Crippen molar-refractivity contribution in [2.75, 3.05) is 20.3 Å². The Hall–Kier alpha value is -2.38. The minimum absolute atomic E-state index is 0.212. The van der Waals surface area contributed by atoms with E-state index in [9.17, 15) is 9.59 Å². The van der Waals surface area contributed by atoms with Crippen LogP contribution in [-0.2, 0) is 16.8 Å². The summed E-state index contributed by atoms with van der Waals surface area (Å²) in [5.74, 6) is 0.450. The number of benzene rings is 1. The molecule has 2 aliphatic rings. The van der Waals surface area contributed by atoms with Gasteiger partial charge in [-0.15, -0.1) is 11.3 Å². The lowest BCUT2D eigenvalue weighted by atomic mass is 9.92. The normalized spacial score (nSPS) is 27.4. The number of thiophene rings is 1. The maximum atomic E-state index is 13.2. The molecule has 0 aliphatic carbocycles. The molecule has 1 aromatic carbocycles. The molecule has 27 heavy (non-hydrogen) atoms. The first-order valence-electron chi connectivity index (χ1n) is 9.13. The van der Waals surface area contributed by atoms with E-state index in [4.69, 9.17) is 4.74 Å². The molecular formula is C20H24N3O3S+. The largest absolute Gasteiger partial charge is 0.497 e. The summed E-state index contributed by atoms with van der Waals surface area (Å²) in [4.78, 5) is 29.9. The van der Waals surface area contributed by atoms with Gasteiger partial charge >= 0.3 is 6.03 Å². The van der Waals surface area contributed by atoms with E-state index in [-0.39, 0.29) is 18.0 Å². The maximum absolute atomic E-state index is 13.2. The van der Waals surface area contributed by atoms with Gasteiger partial charge < -0.3 is 15.0 Å². The third kappa shape index (κ3) is 2.91. The first-order valence-corrected chi connectivity index (χ1v) is 10.0. The molecule has 0 saturated carbocycles. The number of nitrogens with one attached hydrogen (secondary N) is 2. The number of ether oxygens (including phenoxy) is 1. The lowest BCUT2D eigenvalue weighted by Crippen LogP contribution is -3.14. The number of nitrogens with zero attached hydrogens (tertiary/aromatic N) is 1. The van der Waals surface area contributed by atoms with Crippen LogP contribution in [0.15, 0.2) is 35.7 Å². The van der Waals surface area contributed by atoms with Gasteiger partial charge in [-0.05, 0) is 43.0 Å². The molecule has 4 rings (SSSR count). The second kappa shape index (κ2) is 6.65. The summed E-state index contributed by atoms with van der Waals surface area (Å²) < 4.78 is 5.27. The fourth-order valence-electron chi connectivity index (χ4n) is 4.04. The minimum atomic E-state index is -1.07. The molecule has 2 N–H and O–H groups in total. The standard InChI is InChI=1S/C20H23N3O3S/c1-13-16-8-10-27-17(16)7-9-22(13)12-23-18(24)20(2,21-19(23)25)14-5-4-6-15(11-14)26-3/h4-6,8,10-11,13H,7,9,12H2,1-3H3,(H,21,25)/p+1/t13-,20-/m1/s1. The molecule has 0 radical (unpaired) electrons. The Balaban J connectivity index is 1.56. The molecule has 3 heterocycles. The highest BCUT2D eigenvalue weighted by Gasteiger charge is 2.50. The van der Waals surface area contributed by atoms with Crippen molar-refractivity contribution >= 4 is 23.3 Å². The Kier molecular flexibility index (Phi) is 4.44. The Labute approximate surface area is 162 Å². The summed E-state index contributed by atoms with van der Waals surface area (Å²) in [6.07, 6.45) is 0.990. The summed E-state index contributed by atoms with van der Waals surface area (Å²) in [5.41, 5.74) is 0.992. The van der Waals surface area contributed by atoms with Crippen LogP contribution in [0.1, 0.15) is 35.9 Å². The third-order valence-electron chi connectivity index (χ3n) is 5.82. The Morgan fingerprint density at radius 1 is 1.37 bits per heavy atom. The second-order valence-corrected chi connectivity index (χ2v) is 8.36.